The number of aliphatic carboxylic acids is 1. The van der Waals surface area contributed by atoms with Crippen molar-refractivity contribution in [1.82, 2.24) is 5.32 Å². The average Bonchev–Trinajstić information content (AvgIpc) is 2.38. The van der Waals surface area contributed by atoms with Crippen LogP contribution in [0.3, 0.4) is 0 Å². The molecule has 1 aliphatic carbocycles. The van der Waals surface area contributed by atoms with Gasteiger partial charge in [0.15, 0.2) is 0 Å². The van der Waals surface area contributed by atoms with Gasteiger partial charge in [-0.15, -0.1) is 0 Å². The number of hydrogen-bond acceptors (Lipinski definition) is 3. The summed E-state index contributed by atoms with van der Waals surface area (Å²) in [5.41, 5.74) is 5.61. The van der Waals surface area contributed by atoms with Crippen LogP contribution >= 0.6 is 0 Å². The lowest BCUT2D eigenvalue weighted by Gasteiger charge is -2.27. The second-order valence-electron chi connectivity index (χ2n) is 5.11. The van der Waals surface area contributed by atoms with E-state index in [0.29, 0.717) is 19.3 Å². The van der Waals surface area contributed by atoms with Crippen molar-refractivity contribution in [2.24, 2.45) is 5.92 Å². The Morgan fingerprint density at radius 1 is 1.35 bits per heavy atom. The molecule has 4 N–H and O–H groups in total. The monoisotopic (exact) mass is 280 g/mol. The Morgan fingerprint density at radius 2 is 2.10 bits per heavy atom. The molecule has 2 unspecified atom stereocenters. The number of carbonyl (C=O) groups excluding carboxylic acids is 1. The maximum atomic E-state index is 13.6. The summed E-state index contributed by atoms with van der Waals surface area (Å²) in [6.07, 6.45) is 2.47. The van der Waals surface area contributed by atoms with Gasteiger partial charge < -0.3 is 16.2 Å². The molecule has 0 saturated heterocycles. The highest BCUT2D eigenvalue weighted by Crippen LogP contribution is 2.25. The van der Waals surface area contributed by atoms with Crippen LogP contribution in [0.25, 0.3) is 0 Å². The first kappa shape index (κ1) is 14.3. The number of carboxylic acids is 1. The normalized spacial score (nSPS) is 22.2. The highest BCUT2D eigenvalue weighted by Gasteiger charge is 2.28. The fraction of sp³-hybridized carbons (Fsp3) is 0.429. The molecule has 1 amide bonds. The highest BCUT2D eigenvalue weighted by molar-refractivity contribution is 5.95. The number of benzene rings is 1. The van der Waals surface area contributed by atoms with Crippen LogP contribution in [-0.4, -0.2) is 23.0 Å². The summed E-state index contributed by atoms with van der Waals surface area (Å²) < 4.78 is 13.6. The SMILES string of the molecule is Nc1ccc(C(=O)NC2CCCC(C(=O)O)C2)c(F)c1. The van der Waals surface area contributed by atoms with Crippen molar-refractivity contribution in [2.75, 3.05) is 5.73 Å². The van der Waals surface area contributed by atoms with Gasteiger partial charge in [0.05, 0.1) is 11.5 Å². The van der Waals surface area contributed by atoms with Gasteiger partial charge in [-0.2, -0.15) is 0 Å². The van der Waals surface area contributed by atoms with Crippen molar-refractivity contribution >= 4 is 17.6 Å². The second kappa shape index (κ2) is 5.90. The molecule has 6 heteroatoms. The Hall–Kier alpha value is -2.11. The topological polar surface area (TPSA) is 92.4 Å². The van der Waals surface area contributed by atoms with E-state index < -0.39 is 23.6 Å². The van der Waals surface area contributed by atoms with Crippen molar-refractivity contribution in [2.45, 2.75) is 31.7 Å². The van der Waals surface area contributed by atoms with Crippen molar-refractivity contribution in [1.29, 1.82) is 0 Å². The number of nitrogens with two attached hydrogens (primary N) is 1. The van der Waals surface area contributed by atoms with Gasteiger partial charge in [0.25, 0.3) is 5.91 Å². The van der Waals surface area contributed by atoms with E-state index in [-0.39, 0.29) is 17.3 Å². The predicted molar refractivity (Wildman–Crippen MR) is 71.7 cm³/mol. The van der Waals surface area contributed by atoms with E-state index in [1.54, 1.807) is 0 Å². The predicted octanol–water partition coefficient (Wildman–Crippen LogP) is 1.78. The van der Waals surface area contributed by atoms with Crippen molar-refractivity contribution < 1.29 is 19.1 Å². The smallest absolute Gasteiger partial charge is 0.306 e. The molecule has 1 saturated carbocycles. The number of hydrogen-bond donors (Lipinski definition) is 3. The van der Waals surface area contributed by atoms with Crippen molar-refractivity contribution in [3.63, 3.8) is 0 Å². The molecule has 20 heavy (non-hydrogen) atoms. The van der Waals surface area contributed by atoms with Gasteiger partial charge in [0, 0.05) is 11.7 Å². The molecule has 1 fully saturated rings. The minimum absolute atomic E-state index is 0.0725. The third kappa shape index (κ3) is 3.26. The second-order valence-corrected chi connectivity index (χ2v) is 5.11. The van der Waals surface area contributed by atoms with E-state index in [2.05, 4.69) is 5.32 Å². The average molecular weight is 280 g/mol. The third-order valence-corrected chi connectivity index (χ3v) is 3.60. The fourth-order valence-electron chi connectivity index (χ4n) is 2.52. The van der Waals surface area contributed by atoms with Crippen molar-refractivity contribution in [3.05, 3.63) is 29.6 Å². The fourth-order valence-corrected chi connectivity index (χ4v) is 2.52. The molecule has 0 aromatic heterocycles. The minimum atomic E-state index is -0.845. The maximum Gasteiger partial charge on any atom is 0.306 e. The van der Waals surface area contributed by atoms with E-state index in [1.165, 1.54) is 12.1 Å². The molecule has 2 atom stereocenters. The van der Waals surface area contributed by atoms with Crippen LogP contribution < -0.4 is 11.1 Å². The summed E-state index contributed by atoms with van der Waals surface area (Å²) in [6, 6.07) is 3.65. The molecule has 1 aromatic carbocycles. The minimum Gasteiger partial charge on any atom is -0.481 e. The van der Waals surface area contributed by atoms with Crippen LogP contribution in [0.4, 0.5) is 10.1 Å². The van der Waals surface area contributed by atoms with E-state index in [0.717, 1.165) is 12.5 Å². The molecule has 2 rings (SSSR count). The molecule has 0 radical (unpaired) electrons. The zero-order valence-corrected chi connectivity index (χ0v) is 10.9. The summed E-state index contributed by atoms with van der Waals surface area (Å²) in [4.78, 5) is 22.9. The zero-order chi connectivity index (χ0) is 14.7. The quantitative estimate of drug-likeness (QED) is 0.736. The van der Waals surface area contributed by atoms with Crippen LogP contribution in [0.1, 0.15) is 36.0 Å². The van der Waals surface area contributed by atoms with Gasteiger partial charge in [0.1, 0.15) is 5.82 Å². The van der Waals surface area contributed by atoms with E-state index in [1.807, 2.05) is 0 Å². The number of halogens is 1. The first-order valence-corrected chi connectivity index (χ1v) is 6.56. The number of nitrogens with one attached hydrogen (secondary N) is 1. The number of rotatable bonds is 3. The van der Waals surface area contributed by atoms with Crippen molar-refractivity contribution in [3.8, 4) is 0 Å². The molecular weight excluding hydrogens is 263 g/mol. The summed E-state index contributed by atoms with van der Waals surface area (Å²) in [5.74, 6) is -2.49. The van der Waals surface area contributed by atoms with Gasteiger partial charge in [-0.25, -0.2) is 4.39 Å². The Kier molecular flexibility index (Phi) is 4.22. The Bertz CT molecular complexity index is 533. The number of nitrogen functional groups attached to an aromatic ring is 1. The molecule has 0 aliphatic heterocycles. The zero-order valence-electron chi connectivity index (χ0n) is 10.9. The molecule has 108 valence electrons. The van der Waals surface area contributed by atoms with Crippen LogP contribution in [0.5, 0.6) is 0 Å². The lowest BCUT2D eigenvalue weighted by molar-refractivity contribution is -0.143. The number of carboxylic acid groups (broad SMARTS) is 1. The maximum absolute atomic E-state index is 13.6. The van der Waals surface area contributed by atoms with Crippen LogP contribution in [0.2, 0.25) is 0 Å². The molecule has 0 bridgehead atoms. The van der Waals surface area contributed by atoms with Crippen LogP contribution in [-0.2, 0) is 4.79 Å². The third-order valence-electron chi connectivity index (χ3n) is 3.60. The first-order chi connectivity index (χ1) is 9.47. The first-order valence-electron chi connectivity index (χ1n) is 6.56. The Morgan fingerprint density at radius 3 is 2.75 bits per heavy atom. The molecule has 0 heterocycles. The molecule has 1 aromatic rings. The highest BCUT2D eigenvalue weighted by atomic mass is 19.1. The number of carbonyl (C=O) groups is 2. The summed E-state index contributed by atoms with van der Waals surface area (Å²) >= 11 is 0. The molecule has 0 spiro atoms. The standard InChI is InChI=1S/C14H17FN2O3/c15-12-7-9(16)4-5-11(12)13(18)17-10-3-1-2-8(6-10)14(19)20/h4-5,7-8,10H,1-3,6,16H2,(H,17,18)(H,19,20). The van der Waals surface area contributed by atoms with Gasteiger partial charge in [-0.3, -0.25) is 9.59 Å². The lowest BCUT2D eigenvalue weighted by atomic mass is 9.85. The largest absolute Gasteiger partial charge is 0.481 e. The van der Waals surface area contributed by atoms with Gasteiger partial charge in [0.2, 0.25) is 0 Å². The van der Waals surface area contributed by atoms with Crippen LogP contribution in [0, 0.1) is 11.7 Å². The Balaban J connectivity index is 2.02. The lowest BCUT2D eigenvalue weighted by Crippen LogP contribution is -2.40. The van der Waals surface area contributed by atoms with E-state index in [9.17, 15) is 14.0 Å². The summed E-state index contributed by atoms with van der Waals surface area (Å²) in [6.45, 7) is 0. The van der Waals surface area contributed by atoms with E-state index in [4.69, 9.17) is 10.8 Å². The number of anilines is 1. The molecule has 1 aliphatic rings. The number of amides is 1. The van der Waals surface area contributed by atoms with Gasteiger partial charge >= 0.3 is 5.97 Å². The Labute approximate surface area is 116 Å². The van der Waals surface area contributed by atoms with Crippen LogP contribution in [0.15, 0.2) is 18.2 Å². The van der Waals surface area contributed by atoms with Gasteiger partial charge in [-0.05, 0) is 37.5 Å². The molecule has 5 nitrogen and oxygen atoms in total. The summed E-state index contributed by atoms with van der Waals surface area (Å²) in [7, 11) is 0. The van der Waals surface area contributed by atoms with E-state index >= 15 is 0 Å². The molecular formula is C14H17FN2O3. The van der Waals surface area contributed by atoms with Gasteiger partial charge in [-0.1, -0.05) is 6.42 Å². The summed E-state index contributed by atoms with van der Waals surface area (Å²) in [5, 5.41) is 11.7.